The molecule has 7 heteroatoms. The van der Waals surface area contributed by atoms with E-state index >= 15 is 0 Å². The summed E-state index contributed by atoms with van der Waals surface area (Å²) in [7, 11) is 0. The summed E-state index contributed by atoms with van der Waals surface area (Å²) < 4.78 is 36.9. The van der Waals surface area contributed by atoms with E-state index in [1.54, 1.807) is 0 Å². The van der Waals surface area contributed by atoms with Crippen LogP contribution in [0.25, 0.3) is 11.5 Å². The van der Waals surface area contributed by atoms with E-state index in [1.807, 2.05) is 0 Å². The van der Waals surface area contributed by atoms with Crippen LogP contribution in [-0.4, -0.2) is 22.9 Å². The van der Waals surface area contributed by atoms with Crippen LogP contribution in [0.15, 0.2) is 22.7 Å². The fraction of sp³-hybridized carbons (Fsp3) is 0.429. The van der Waals surface area contributed by atoms with Crippen molar-refractivity contribution >= 4 is 0 Å². The van der Waals surface area contributed by atoms with Gasteiger partial charge in [0, 0.05) is 11.6 Å². The third-order valence-electron chi connectivity index (χ3n) is 3.45. The summed E-state index contributed by atoms with van der Waals surface area (Å²) in [5.74, 6) is -1.12. The molecular formula is C14H15F2N3O2. The third kappa shape index (κ3) is 3.25. The lowest BCUT2D eigenvalue weighted by atomic mass is 9.96. The second-order valence-corrected chi connectivity index (χ2v) is 5.11. The minimum absolute atomic E-state index is 0.0301. The van der Waals surface area contributed by atoms with E-state index in [0.29, 0.717) is 6.61 Å². The summed E-state index contributed by atoms with van der Waals surface area (Å²) in [5.41, 5.74) is 6.09. The van der Waals surface area contributed by atoms with Crippen LogP contribution in [0.3, 0.4) is 0 Å². The Labute approximate surface area is 120 Å². The van der Waals surface area contributed by atoms with E-state index in [2.05, 4.69) is 10.1 Å². The van der Waals surface area contributed by atoms with E-state index in [0.717, 1.165) is 31.0 Å². The highest BCUT2D eigenvalue weighted by Gasteiger charge is 2.21. The molecule has 0 bridgehead atoms. The highest BCUT2D eigenvalue weighted by Crippen LogP contribution is 2.24. The van der Waals surface area contributed by atoms with Gasteiger partial charge in [0.15, 0.2) is 5.82 Å². The molecule has 1 saturated carbocycles. The lowest BCUT2D eigenvalue weighted by molar-refractivity contribution is -0.00549. The predicted molar refractivity (Wildman–Crippen MR) is 70.2 cm³/mol. The standard InChI is InChI=1S/C14H15F2N3O2/c15-9-4-8(5-10(16)6-9)14-18-13(19-21-14)12(17)7-20-11-2-1-3-11/h4-6,11-12H,1-3,7,17H2. The minimum atomic E-state index is -0.706. The quantitative estimate of drug-likeness (QED) is 0.917. The van der Waals surface area contributed by atoms with Crippen molar-refractivity contribution in [3.05, 3.63) is 35.7 Å². The van der Waals surface area contributed by atoms with Gasteiger partial charge < -0.3 is 15.0 Å². The van der Waals surface area contributed by atoms with Crippen molar-refractivity contribution in [1.82, 2.24) is 10.1 Å². The number of nitrogens with two attached hydrogens (primary N) is 1. The van der Waals surface area contributed by atoms with Crippen LogP contribution < -0.4 is 5.73 Å². The molecular weight excluding hydrogens is 280 g/mol. The van der Waals surface area contributed by atoms with Gasteiger partial charge in [-0.05, 0) is 31.4 Å². The summed E-state index contributed by atoms with van der Waals surface area (Å²) in [6, 6.07) is 2.49. The zero-order valence-corrected chi connectivity index (χ0v) is 11.3. The van der Waals surface area contributed by atoms with Crippen molar-refractivity contribution in [2.24, 2.45) is 5.73 Å². The average molecular weight is 295 g/mol. The maximum atomic E-state index is 13.2. The molecule has 0 radical (unpaired) electrons. The maximum Gasteiger partial charge on any atom is 0.258 e. The monoisotopic (exact) mass is 295 g/mol. The van der Waals surface area contributed by atoms with Crippen molar-refractivity contribution in [3.8, 4) is 11.5 Å². The Bertz CT molecular complexity index is 608. The largest absolute Gasteiger partial charge is 0.376 e. The third-order valence-corrected chi connectivity index (χ3v) is 3.45. The fourth-order valence-electron chi connectivity index (χ4n) is 2.03. The van der Waals surface area contributed by atoms with Gasteiger partial charge >= 0.3 is 0 Å². The number of rotatable bonds is 5. The molecule has 1 aromatic carbocycles. The summed E-state index contributed by atoms with van der Waals surface area (Å²) in [6.45, 7) is 0.293. The van der Waals surface area contributed by atoms with E-state index in [1.165, 1.54) is 6.42 Å². The topological polar surface area (TPSA) is 74.2 Å². The molecule has 0 spiro atoms. The average Bonchev–Trinajstić information content (AvgIpc) is 2.85. The Balaban J connectivity index is 1.69. The van der Waals surface area contributed by atoms with Gasteiger partial charge in [-0.25, -0.2) is 8.78 Å². The van der Waals surface area contributed by atoms with Crippen LogP contribution in [-0.2, 0) is 4.74 Å². The SMILES string of the molecule is NC(COC1CCC1)c1noc(-c2cc(F)cc(F)c2)n1. The van der Waals surface area contributed by atoms with Gasteiger partial charge in [0.1, 0.15) is 11.6 Å². The van der Waals surface area contributed by atoms with Gasteiger partial charge in [0.25, 0.3) is 5.89 Å². The lowest BCUT2D eigenvalue weighted by Crippen LogP contribution is -2.27. The summed E-state index contributed by atoms with van der Waals surface area (Å²) in [4.78, 5) is 4.07. The number of halogens is 2. The minimum Gasteiger partial charge on any atom is -0.376 e. The first-order chi connectivity index (χ1) is 10.1. The zero-order chi connectivity index (χ0) is 14.8. The van der Waals surface area contributed by atoms with E-state index in [4.69, 9.17) is 15.0 Å². The van der Waals surface area contributed by atoms with E-state index in [-0.39, 0.29) is 23.4 Å². The van der Waals surface area contributed by atoms with Crippen LogP contribution in [0.4, 0.5) is 8.78 Å². The number of nitrogens with zero attached hydrogens (tertiary/aromatic N) is 2. The number of benzene rings is 1. The Hall–Kier alpha value is -1.86. The second-order valence-electron chi connectivity index (χ2n) is 5.11. The molecule has 0 amide bonds. The van der Waals surface area contributed by atoms with Gasteiger partial charge in [0.2, 0.25) is 0 Å². The van der Waals surface area contributed by atoms with Crippen LogP contribution in [0.5, 0.6) is 0 Å². The molecule has 2 aromatic rings. The Morgan fingerprint density at radius 2 is 2.00 bits per heavy atom. The van der Waals surface area contributed by atoms with Gasteiger partial charge in [-0.2, -0.15) is 4.98 Å². The molecule has 1 aromatic heterocycles. The van der Waals surface area contributed by atoms with Crippen molar-refractivity contribution in [2.45, 2.75) is 31.4 Å². The highest BCUT2D eigenvalue weighted by molar-refractivity contribution is 5.52. The molecule has 1 fully saturated rings. The number of aromatic nitrogens is 2. The molecule has 5 nitrogen and oxygen atoms in total. The molecule has 1 aliphatic rings. The van der Waals surface area contributed by atoms with E-state index < -0.39 is 17.7 Å². The summed E-state index contributed by atoms with van der Waals surface area (Å²) >= 11 is 0. The molecule has 1 heterocycles. The predicted octanol–water partition coefficient (Wildman–Crippen LogP) is 2.58. The van der Waals surface area contributed by atoms with Crippen LogP contribution in [0, 0.1) is 11.6 Å². The first-order valence-electron chi connectivity index (χ1n) is 6.79. The van der Waals surface area contributed by atoms with Gasteiger partial charge in [-0.3, -0.25) is 0 Å². The van der Waals surface area contributed by atoms with Gasteiger partial charge in [-0.1, -0.05) is 5.16 Å². The van der Waals surface area contributed by atoms with Gasteiger partial charge in [-0.15, -0.1) is 0 Å². The number of ether oxygens (including phenoxy) is 1. The molecule has 1 aliphatic carbocycles. The highest BCUT2D eigenvalue weighted by atomic mass is 19.1. The fourth-order valence-corrected chi connectivity index (χ4v) is 2.03. The van der Waals surface area contributed by atoms with Crippen molar-refractivity contribution in [3.63, 3.8) is 0 Å². The van der Waals surface area contributed by atoms with Crippen molar-refractivity contribution < 1.29 is 18.0 Å². The number of hydrogen-bond acceptors (Lipinski definition) is 5. The maximum absolute atomic E-state index is 13.2. The first kappa shape index (κ1) is 14.1. The molecule has 0 saturated heterocycles. The molecule has 21 heavy (non-hydrogen) atoms. The van der Waals surface area contributed by atoms with Crippen molar-refractivity contribution in [1.29, 1.82) is 0 Å². The Morgan fingerprint density at radius 3 is 2.62 bits per heavy atom. The second kappa shape index (κ2) is 5.87. The lowest BCUT2D eigenvalue weighted by Gasteiger charge is -2.26. The smallest absolute Gasteiger partial charge is 0.258 e. The molecule has 2 N–H and O–H groups in total. The zero-order valence-electron chi connectivity index (χ0n) is 11.3. The molecule has 112 valence electrons. The molecule has 1 atom stereocenters. The van der Waals surface area contributed by atoms with Gasteiger partial charge in [0.05, 0.1) is 18.8 Å². The summed E-state index contributed by atoms with van der Waals surface area (Å²) in [5, 5.41) is 3.74. The van der Waals surface area contributed by atoms with Crippen LogP contribution in [0.1, 0.15) is 31.1 Å². The molecule has 0 aliphatic heterocycles. The van der Waals surface area contributed by atoms with Crippen molar-refractivity contribution in [2.75, 3.05) is 6.61 Å². The molecule has 1 unspecified atom stereocenters. The normalized spacial score (nSPS) is 16.7. The number of hydrogen-bond donors (Lipinski definition) is 1. The van der Waals surface area contributed by atoms with Crippen LogP contribution in [0.2, 0.25) is 0 Å². The molecule has 3 rings (SSSR count). The van der Waals surface area contributed by atoms with E-state index in [9.17, 15) is 8.78 Å². The first-order valence-corrected chi connectivity index (χ1v) is 6.79. The Morgan fingerprint density at radius 1 is 1.29 bits per heavy atom. The van der Waals surface area contributed by atoms with Crippen LogP contribution >= 0.6 is 0 Å². The Kier molecular flexibility index (Phi) is 3.94. The summed E-state index contributed by atoms with van der Waals surface area (Å²) in [6.07, 6.45) is 3.54.